The van der Waals surface area contributed by atoms with Gasteiger partial charge in [0.2, 0.25) is 5.91 Å². The van der Waals surface area contributed by atoms with Crippen LogP contribution in [0.15, 0.2) is 53.6 Å². The van der Waals surface area contributed by atoms with E-state index in [1.807, 2.05) is 36.4 Å². The lowest BCUT2D eigenvalue weighted by Gasteiger charge is -2.12. The first-order chi connectivity index (χ1) is 15.0. The van der Waals surface area contributed by atoms with Crippen LogP contribution in [0.5, 0.6) is 0 Å². The van der Waals surface area contributed by atoms with Crippen LogP contribution < -0.4 is 16.6 Å². The molecule has 0 radical (unpaired) electrons. The largest absolute Gasteiger partial charge is 0.352 e. The lowest BCUT2D eigenvalue weighted by atomic mass is 10.0. The monoisotopic (exact) mass is 439 g/mol. The molecular formula is C23H26ClN5O2. The predicted molar refractivity (Wildman–Crippen MR) is 121 cm³/mol. The number of halogens is 1. The summed E-state index contributed by atoms with van der Waals surface area (Å²) in [6, 6.07) is 11.2. The first-order valence-electron chi connectivity index (χ1n) is 10.2. The lowest BCUT2D eigenvalue weighted by Crippen LogP contribution is -2.32. The van der Waals surface area contributed by atoms with E-state index in [-0.39, 0.29) is 17.9 Å². The molecule has 3 rings (SSSR count). The Morgan fingerprint density at radius 1 is 1.19 bits per heavy atom. The highest BCUT2D eigenvalue weighted by Gasteiger charge is 2.14. The van der Waals surface area contributed by atoms with Gasteiger partial charge in [-0.3, -0.25) is 14.6 Å². The van der Waals surface area contributed by atoms with E-state index in [1.54, 1.807) is 19.3 Å². The topological polar surface area (TPSA) is 103 Å². The smallest absolute Gasteiger partial charge is 0.270 e. The highest BCUT2D eigenvalue weighted by Crippen LogP contribution is 2.16. The number of carbonyl (C=O) groups is 1. The zero-order valence-electron chi connectivity index (χ0n) is 17.5. The zero-order valence-corrected chi connectivity index (χ0v) is 18.2. The van der Waals surface area contributed by atoms with Gasteiger partial charge in [-0.1, -0.05) is 23.7 Å². The minimum absolute atomic E-state index is 0.0104. The molecule has 0 saturated carbocycles. The van der Waals surface area contributed by atoms with Crippen molar-refractivity contribution < 1.29 is 4.79 Å². The van der Waals surface area contributed by atoms with Crippen molar-refractivity contribution in [1.29, 1.82) is 0 Å². The summed E-state index contributed by atoms with van der Waals surface area (Å²) in [6.45, 7) is 3.02. The van der Waals surface area contributed by atoms with Gasteiger partial charge in [0.05, 0.1) is 19.2 Å². The van der Waals surface area contributed by atoms with Gasteiger partial charge in [0.1, 0.15) is 0 Å². The van der Waals surface area contributed by atoms with Gasteiger partial charge in [0.25, 0.3) is 5.56 Å². The molecule has 0 bridgehead atoms. The Balaban J connectivity index is 1.67. The average Bonchev–Trinajstić information content (AvgIpc) is 2.77. The van der Waals surface area contributed by atoms with Crippen molar-refractivity contribution in [3.63, 3.8) is 0 Å². The Kier molecular flexibility index (Phi) is 7.92. The van der Waals surface area contributed by atoms with E-state index in [4.69, 9.17) is 17.3 Å². The number of benzene rings is 1. The van der Waals surface area contributed by atoms with E-state index < -0.39 is 0 Å². The Morgan fingerprint density at radius 3 is 2.77 bits per heavy atom. The maximum Gasteiger partial charge on any atom is 0.270 e. The number of pyridine rings is 1. The fraction of sp³-hybridized carbons (Fsp3) is 0.304. The highest BCUT2D eigenvalue weighted by atomic mass is 35.5. The number of aryl methyl sites for hydroxylation is 3. The second-order valence-electron chi connectivity index (χ2n) is 7.31. The summed E-state index contributed by atoms with van der Waals surface area (Å²) in [5, 5.41) is 7.71. The van der Waals surface area contributed by atoms with Crippen LogP contribution >= 0.6 is 11.6 Å². The van der Waals surface area contributed by atoms with Gasteiger partial charge in [0.15, 0.2) is 0 Å². The third-order valence-corrected chi connectivity index (χ3v) is 5.30. The van der Waals surface area contributed by atoms with Gasteiger partial charge in [-0.2, -0.15) is 5.10 Å². The number of hydrogen-bond donors (Lipinski definition) is 2. The van der Waals surface area contributed by atoms with Crippen molar-refractivity contribution in [2.75, 3.05) is 6.54 Å². The molecule has 2 heterocycles. The molecule has 0 aliphatic carbocycles. The molecule has 8 heteroatoms. The fourth-order valence-corrected chi connectivity index (χ4v) is 3.52. The zero-order chi connectivity index (χ0) is 22.2. The quantitative estimate of drug-likeness (QED) is 0.532. The summed E-state index contributed by atoms with van der Waals surface area (Å²) in [5.74, 6) is -0.235. The van der Waals surface area contributed by atoms with Crippen LogP contribution in [0.1, 0.15) is 27.9 Å². The number of rotatable bonds is 9. The third kappa shape index (κ3) is 6.23. The summed E-state index contributed by atoms with van der Waals surface area (Å²) in [6.07, 6.45) is 4.62. The van der Waals surface area contributed by atoms with Crippen molar-refractivity contribution >= 4 is 17.5 Å². The van der Waals surface area contributed by atoms with Crippen LogP contribution in [0, 0.1) is 6.92 Å². The van der Waals surface area contributed by atoms with Gasteiger partial charge < -0.3 is 11.1 Å². The molecule has 31 heavy (non-hydrogen) atoms. The van der Waals surface area contributed by atoms with Gasteiger partial charge >= 0.3 is 0 Å². The van der Waals surface area contributed by atoms with Crippen LogP contribution in [0.4, 0.5) is 0 Å². The molecule has 0 saturated heterocycles. The van der Waals surface area contributed by atoms with Crippen LogP contribution in [-0.4, -0.2) is 27.2 Å². The van der Waals surface area contributed by atoms with Gasteiger partial charge in [-0.05, 0) is 60.8 Å². The molecule has 0 fully saturated rings. The Morgan fingerprint density at radius 2 is 2.03 bits per heavy atom. The SMILES string of the molecule is Cc1cnn(CCc2ccccn2)c(=O)c1CC(=O)NCc1cc(Cl)ccc1CCN. The summed E-state index contributed by atoms with van der Waals surface area (Å²) in [7, 11) is 0. The standard InChI is InChI=1S/C23H26ClN5O2/c1-16-14-28-29(11-8-20-4-2-3-10-26-20)23(31)21(16)13-22(30)27-15-18-12-19(24)6-5-17(18)7-9-25/h2-6,10,12,14H,7-9,11,13,15,25H2,1H3,(H,27,30). The normalized spacial score (nSPS) is 10.8. The molecule has 162 valence electrons. The van der Waals surface area contributed by atoms with Crippen LogP contribution in [0.2, 0.25) is 5.02 Å². The van der Waals surface area contributed by atoms with Crippen molar-refractivity contribution in [3.05, 3.63) is 92.1 Å². The number of carbonyl (C=O) groups excluding carboxylic acids is 1. The second kappa shape index (κ2) is 10.8. The van der Waals surface area contributed by atoms with Gasteiger partial charge in [-0.15, -0.1) is 0 Å². The summed E-state index contributed by atoms with van der Waals surface area (Å²) in [5.41, 5.74) is 9.40. The molecule has 1 aromatic carbocycles. The Bertz CT molecular complexity index is 1100. The number of amides is 1. The predicted octanol–water partition coefficient (Wildman–Crippen LogP) is 2.20. The van der Waals surface area contributed by atoms with Crippen molar-refractivity contribution in [1.82, 2.24) is 20.1 Å². The molecule has 2 aromatic heterocycles. The molecule has 7 nitrogen and oxygen atoms in total. The third-order valence-electron chi connectivity index (χ3n) is 5.06. The molecule has 0 aliphatic heterocycles. The number of nitrogens with zero attached hydrogens (tertiary/aromatic N) is 3. The first-order valence-corrected chi connectivity index (χ1v) is 10.5. The maximum absolute atomic E-state index is 12.9. The van der Waals surface area contributed by atoms with E-state index in [1.165, 1.54) is 4.68 Å². The first kappa shape index (κ1) is 22.7. The number of nitrogens with two attached hydrogens (primary N) is 1. The number of nitrogens with one attached hydrogen (secondary N) is 1. The van der Waals surface area contributed by atoms with Crippen LogP contribution in [0.3, 0.4) is 0 Å². The average molecular weight is 440 g/mol. The minimum atomic E-state index is -0.252. The Labute approximate surface area is 186 Å². The molecule has 0 spiro atoms. The van der Waals surface area contributed by atoms with Crippen LogP contribution in [0.25, 0.3) is 0 Å². The maximum atomic E-state index is 12.9. The van der Waals surface area contributed by atoms with E-state index in [0.717, 1.165) is 16.8 Å². The second-order valence-corrected chi connectivity index (χ2v) is 7.75. The Hall–Kier alpha value is -3.03. The van der Waals surface area contributed by atoms with Crippen molar-refractivity contribution in [2.45, 2.75) is 39.3 Å². The van der Waals surface area contributed by atoms with Crippen molar-refractivity contribution in [3.8, 4) is 0 Å². The lowest BCUT2D eigenvalue weighted by molar-refractivity contribution is -0.120. The van der Waals surface area contributed by atoms with E-state index in [9.17, 15) is 9.59 Å². The van der Waals surface area contributed by atoms with E-state index in [0.29, 0.717) is 48.6 Å². The molecule has 0 unspecified atom stereocenters. The molecule has 0 aliphatic rings. The van der Waals surface area contributed by atoms with Crippen molar-refractivity contribution in [2.24, 2.45) is 5.73 Å². The molecular weight excluding hydrogens is 414 g/mol. The minimum Gasteiger partial charge on any atom is -0.352 e. The molecule has 1 amide bonds. The molecule has 3 aromatic rings. The summed E-state index contributed by atoms with van der Waals surface area (Å²) >= 11 is 6.10. The van der Waals surface area contributed by atoms with Gasteiger partial charge in [0, 0.05) is 35.4 Å². The molecule has 0 atom stereocenters. The summed E-state index contributed by atoms with van der Waals surface area (Å²) in [4.78, 5) is 29.7. The highest BCUT2D eigenvalue weighted by molar-refractivity contribution is 6.30. The fourth-order valence-electron chi connectivity index (χ4n) is 3.33. The van der Waals surface area contributed by atoms with E-state index in [2.05, 4.69) is 15.4 Å². The van der Waals surface area contributed by atoms with Gasteiger partial charge in [-0.25, -0.2) is 4.68 Å². The number of aromatic nitrogens is 3. The van der Waals surface area contributed by atoms with Crippen LogP contribution in [-0.2, 0) is 37.1 Å². The van der Waals surface area contributed by atoms with E-state index >= 15 is 0 Å². The number of hydrogen-bond acceptors (Lipinski definition) is 5. The molecule has 3 N–H and O–H groups in total. The summed E-state index contributed by atoms with van der Waals surface area (Å²) < 4.78 is 1.39.